The number of nitrogens with zero attached hydrogens (tertiary/aromatic N) is 1. The van der Waals surface area contributed by atoms with Crippen molar-refractivity contribution in [3.63, 3.8) is 0 Å². The molecule has 0 saturated heterocycles. The Morgan fingerprint density at radius 2 is 0.810 bits per heavy atom. The number of nitrogens with one attached hydrogen (secondary N) is 1. The number of phosphoric ester groups is 1. The fourth-order valence-electron chi connectivity index (χ4n) is 9.56. The zero-order chi connectivity index (χ0) is 57.9. The second-order valence-corrected chi connectivity index (χ2v) is 25.1. The normalized spacial score (nSPS) is 14.1. The molecule has 0 aromatic heterocycles. The summed E-state index contributed by atoms with van der Waals surface area (Å²) in [6.07, 6.45) is 76.2. The van der Waals surface area contributed by atoms with Crippen LogP contribution < -0.4 is 5.32 Å². The maximum atomic E-state index is 13.6. The highest BCUT2D eigenvalue weighted by atomic mass is 31.2. The van der Waals surface area contributed by atoms with Gasteiger partial charge in [-0.25, -0.2) is 4.57 Å². The van der Waals surface area contributed by atoms with E-state index in [-0.39, 0.29) is 25.1 Å². The number of unbranched alkanes of at least 4 members (excludes halogenated alkanes) is 34. The molecule has 0 aromatic carbocycles. The highest BCUT2D eigenvalue weighted by Gasteiger charge is 2.30. The van der Waals surface area contributed by atoms with Gasteiger partial charge in [-0.2, -0.15) is 0 Å². The molecule has 0 aliphatic carbocycles. The van der Waals surface area contributed by atoms with Gasteiger partial charge in [0.15, 0.2) is 0 Å². The molecule has 0 fully saturated rings. The Hall–Kier alpha value is -2.55. The number of carbonyl (C=O) groups is 2. The minimum atomic E-state index is -4.45. The third-order valence-corrected chi connectivity index (χ3v) is 15.6. The summed E-state index contributed by atoms with van der Waals surface area (Å²) < 4.78 is 30.7. The summed E-state index contributed by atoms with van der Waals surface area (Å²) in [5.41, 5.74) is 0. The second kappa shape index (κ2) is 58.6. The van der Waals surface area contributed by atoms with Gasteiger partial charge in [-0.05, 0) is 76.7 Å². The average Bonchev–Trinajstić information content (AvgIpc) is 3.41. The van der Waals surface area contributed by atoms with Gasteiger partial charge in [-0.3, -0.25) is 18.6 Å². The number of ether oxygens (including phenoxy) is 1. The van der Waals surface area contributed by atoms with E-state index in [1.54, 1.807) is 0 Å². The van der Waals surface area contributed by atoms with E-state index in [1.165, 1.54) is 180 Å². The molecule has 10 heteroatoms. The lowest BCUT2D eigenvalue weighted by Gasteiger charge is -2.27. The van der Waals surface area contributed by atoms with Crippen molar-refractivity contribution < 1.29 is 37.3 Å². The van der Waals surface area contributed by atoms with Crippen molar-refractivity contribution in [2.75, 3.05) is 40.9 Å². The molecule has 0 rings (SSSR count). The Bertz CT molecular complexity index is 1580. The van der Waals surface area contributed by atoms with E-state index in [0.29, 0.717) is 23.9 Å². The number of rotatable bonds is 60. The first kappa shape index (κ1) is 76.5. The van der Waals surface area contributed by atoms with Crippen molar-refractivity contribution in [2.45, 2.75) is 315 Å². The highest BCUT2D eigenvalue weighted by molar-refractivity contribution is 7.47. The molecule has 0 bridgehead atoms. The molecule has 0 radical (unpaired) electrons. The molecule has 79 heavy (non-hydrogen) atoms. The van der Waals surface area contributed by atoms with Crippen LogP contribution in [0, 0.1) is 0 Å². The summed E-state index contributed by atoms with van der Waals surface area (Å²) in [5.74, 6) is -0.500. The maximum Gasteiger partial charge on any atom is 0.472 e. The zero-order valence-electron chi connectivity index (χ0n) is 52.6. The third kappa shape index (κ3) is 59.9. The Morgan fingerprint density at radius 3 is 1.22 bits per heavy atom. The van der Waals surface area contributed by atoms with Crippen LogP contribution in [0.4, 0.5) is 0 Å². The first-order chi connectivity index (χ1) is 38.4. The molecule has 0 aliphatic rings. The number of amides is 1. The van der Waals surface area contributed by atoms with Crippen LogP contribution in [0.15, 0.2) is 72.9 Å². The number of allylic oxidation sites excluding steroid dienone is 11. The van der Waals surface area contributed by atoms with E-state index in [0.717, 1.165) is 89.9 Å². The van der Waals surface area contributed by atoms with Gasteiger partial charge >= 0.3 is 13.8 Å². The fourth-order valence-corrected chi connectivity index (χ4v) is 10.3. The number of esters is 1. The molecule has 0 aliphatic heterocycles. The van der Waals surface area contributed by atoms with E-state index in [1.807, 2.05) is 33.3 Å². The van der Waals surface area contributed by atoms with Gasteiger partial charge in [0.1, 0.15) is 19.3 Å². The smallest absolute Gasteiger partial charge is 0.456 e. The first-order valence-corrected chi connectivity index (χ1v) is 34.8. The molecule has 2 N–H and O–H groups in total. The molecule has 0 spiro atoms. The van der Waals surface area contributed by atoms with Gasteiger partial charge in [0.25, 0.3) is 0 Å². The van der Waals surface area contributed by atoms with Gasteiger partial charge in [0, 0.05) is 12.8 Å². The van der Waals surface area contributed by atoms with E-state index in [2.05, 4.69) is 86.8 Å². The van der Waals surface area contributed by atoms with Crippen LogP contribution in [0.1, 0.15) is 303 Å². The van der Waals surface area contributed by atoms with Crippen molar-refractivity contribution in [2.24, 2.45) is 0 Å². The van der Waals surface area contributed by atoms with Crippen LogP contribution in [0.25, 0.3) is 0 Å². The standard InChI is InChI=1S/C69H127N2O7P/c1-7-10-13-16-19-22-25-27-29-30-31-32-33-34-35-36-37-38-39-40-42-43-46-49-52-55-58-61-68(72)70-66(65-77-79(74,75)76-64-63-71(4,5)6)67(60-57-54-51-48-45-24-21-18-15-12-9-3)78-69(73)62-59-56-53-50-47-44-41-28-26-23-20-17-14-11-8-2/h10,13,19,22,27,29,31-32,34-35,57,60,66-67H,7-9,11-12,14-18,20-21,23-26,28,30,33,36-56,58-59,61-65H2,1-6H3,(H-,70,72,74,75)/p+1/b13-10-,22-19-,29-27-,32-31-,35-34-,60-57-. The number of phosphoric acid groups is 1. The lowest BCUT2D eigenvalue weighted by molar-refractivity contribution is -0.870. The van der Waals surface area contributed by atoms with Crippen LogP contribution in [0.2, 0.25) is 0 Å². The number of likely N-dealkylation sites (N-methyl/N-ethyl adjacent to an activating group) is 1. The molecule has 0 aromatic rings. The lowest BCUT2D eigenvalue weighted by atomic mass is 10.0. The van der Waals surface area contributed by atoms with E-state index in [4.69, 9.17) is 13.8 Å². The predicted octanol–water partition coefficient (Wildman–Crippen LogP) is 20.8. The molecule has 0 saturated carbocycles. The van der Waals surface area contributed by atoms with Crippen LogP contribution >= 0.6 is 7.82 Å². The van der Waals surface area contributed by atoms with E-state index < -0.39 is 20.0 Å². The van der Waals surface area contributed by atoms with Crippen LogP contribution in [-0.2, 0) is 27.9 Å². The first-order valence-electron chi connectivity index (χ1n) is 33.3. The fraction of sp³-hybridized carbons (Fsp3) is 0.797. The number of hydrogen-bond acceptors (Lipinski definition) is 6. The van der Waals surface area contributed by atoms with E-state index in [9.17, 15) is 19.0 Å². The number of carbonyl (C=O) groups excluding carboxylic acids is 2. The molecule has 9 nitrogen and oxygen atoms in total. The zero-order valence-corrected chi connectivity index (χ0v) is 53.5. The molecule has 3 atom stereocenters. The SMILES string of the molecule is CC/C=C\C/C=C\C/C=C\C/C=C\C/C=C\CCCCCCCCCCCCCC(=O)NC(COP(=O)(O)OCC[N+](C)(C)C)C(/C=C\CCCCCCCCCCC)OC(=O)CCCCCCCCCCCCCCCCC. The molecule has 3 unspecified atom stereocenters. The Labute approximate surface area is 489 Å². The topological polar surface area (TPSA) is 111 Å². The molecule has 1 amide bonds. The van der Waals surface area contributed by atoms with Gasteiger partial charge in [-0.15, -0.1) is 0 Å². The summed E-state index contributed by atoms with van der Waals surface area (Å²) >= 11 is 0. The Balaban J connectivity index is 5.03. The largest absolute Gasteiger partial charge is 0.472 e. The van der Waals surface area contributed by atoms with E-state index >= 15 is 0 Å². The van der Waals surface area contributed by atoms with Crippen LogP contribution in [0.3, 0.4) is 0 Å². The third-order valence-electron chi connectivity index (χ3n) is 14.7. The second-order valence-electron chi connectivity index (χ2n) is 23.6. The van der Waals surface area contributed by atoms with Crippen LogP contribution in [0.5, 0.6) is 0 Å². The highest BCUT2D eigenvalue weighted by Crippen LogP contribution is 2.43. The van der Waals surface area contributed by atoms with Gasteiger partial charge in [0.2, 0.25) is 5.91 Å². The molecule has 0 heterocycles. The minimum absolute atomic E-state index is 0.0393. The monoisotopic (exact) mass is 1130 g/mol. The molecule has 460 valence electrons. The van der Waals surface area contributed by atoms with Crippen molar-refractivity contribution in [1.82, 2.24) is 5.32 Å². The lowest BCUT2D eigenvalue weighted by Crippen LogP contribution is -2.47. The van der Waals surface area contributed by atoms with Crippen molar-refractivity contribution in [3.05, 3.63) is 72.9 Å². The van der Waals surface area contributed by atoms with Gasteiger partial charge < -0.3 is 19.4 Å². The summed E-state index contributed by atoms with van der Waals surface area (Å²) in [6, 6.07) is -0.850. The van der Waals surface area contributed by atoms with Gasteiger partial charge in [0.05, 0.1) is 33.8 Å². The number of quaternary nitrogens is 1. The molecular formula is C69H128N2O7P+. The summed E-state index contributed by atoms with van der Waals surface area (Å²) in [5, 5.41) is 3.06. The van der Waals surface area contributed by atoms with Crippen molar-refractivity contribution in [1.29, 1.82) is 0 Å². The summed E-state index contributed by atoms with van der Waals surface area (Å²) in [4.78, 5) is 37.8. The Morgan fingerprint density at radius 1 is 0.456 bits per heavy atom. The molecular weight excluding hydrogens is 1000 g/mol. The van der Waals surface area contributed by atoms with Crippen LogP contribution in [-0.4, -0.2) is 74.3 Å². The van der Waals surface area contributed by atoms with Crippen molar-refractivity contribution >= 4 is 19.7 Å². The average molecular weight is 1130 g/mol. The summed E-state index contributed by atoms with van der Waals surface area (Å²) in [7, 11) is 1.50. The van der Waals surface area contributed by atoms with Crippen molar-refractivity contribution in [3.8, 4) is 0 Å². The maximum absolute atomic E-state index is 13.6. The predicted molar refractivity (Wildman–Crippen MR) is 341 cm³/mol. The quantitative estimate of drug-likeness (QED) is 0.0205. The van der Waals surface area contributed by atoms with Gasteiger partial charge in [-0.1, -0.05) is 287 Å². The summed E-state index contributed by atoms with van der Waals surface area (Å²) in [6.45, 7) is 6.92. The minimum Gasteiger partial charge on any atom is -0.456 e. The Kier molecular flexibility index (Phi) is 56.7. The number of hydrogen-bond donors (Lipinski definition) is 2.